The average Bonchev–Trinajstić information content (AvgIpc) is 2.84. The van der Waals surface area contributed by atoms with E-state index >= 15 is 0 Å². The second-order valence-electron chi connectivity index (χ2n) is 3.92. The third-order valence-corrected chi connectivity index (χ3v) is 3.35. The molecule has 0 unspecified atom stereocenters. The van der Waals surface area contributed by atoms with Gasteiger partial charge in [-0.05, 0) is 29.5 Å². The summed E-state index contributed by atoms with van der Waals surface area (Å²) in [7, 11) is -3.74. The Balaban J connectivity index is 2.18. The molecule has 0 amide bonds. The molecule has 0 aliphatic rings. The monoisotopic (exact) mass is 297 g/mol. The highest BCUT2D eigenvalue weighted by atomic mass is 32.2. The van der Waals surface area contributed by atoms with Crippen molar-refractivity contribution in [2.24, 2.45) is 5.14 Å². The summed E-state index contributed by atoms with van der Waals surface area (Å²) >= 11 is 0. The van der Waals surface area contributed by atoms with Crippen molar-refractivity contribution in [3.8, 4) is 11.4 Å². The SMILES string of the molecule is NS(=O)(=O)c1ccc(-c2nnn(CCC(=O)O)n2)cc1. The van der Waals surface area contributed by atoms with Crippen LogP contribution in [0.15, 0.2) is 29.2 Å². The van der Waals surface area contributed by atoms with Crippen molar-refractivity contribution in [3.63, 3.8) is 0 Å². The fraction of sp³-hybridized carbons (Fsp3) is 0.200. The number of nitrogens with two attached hydrogens (primary N) is 1. The Kier molecular flexibility index (Phi) is 3.77. The number of nitrogens with zero attached hydrogens (tertiary/aromatic N) is 4. The molecule has 0 atom stereocenters. The van der Waals surface area contributed by atoms with E-state index < -0.39 is 16.0 Å². The van der Waals surface area contributed by atoms with Crippen LogP contribution in [0.2, 0.25) is 0 Å². The molecule has 0 saturated heterocycles. The standard InChI is InChI=1S/C10H11N5O4S/c11-20(18,19)8-3-1-7(2-4-8)10-12-14-15(13-10)6-5-9(16)17/h1-4H,5-6H2,(H,16,17)(H2,11,18,19). The minimum absolute atomic E-state index is 0.0143. The molecule has 106 valence electrons. The zero-order chi connectivity index (χ0) is 14.8. The Hall–Kier alpha value is -2.33. The topological polar surface area (TPSA) is 141 Å². The van der Waals surface area contributed by atoms with E-state index in [0.717, 1.165) is 4.80 Å². The molecule has 0 saturated carbocycles. The van der Waals surface area contributed by atoms with Gasteiger partial charge in [0.25, 0.3) is 0 Å². The van der Waals surface area contributed by atoms with Gasteiger partial charge in [0, 0.05) is 5.56 Å². The van der Waals surface area contributed by atoms with E-state index in [1.54, 1.807) is 0 Å². The molecule has 0 aliphatic carbocycles. The Labute approximate surface area is 114 Å². The van der Waals surface area contributed by atoms with Gasteiger partial charge in [-0.25, -0.2) is 13.6 Å². The minimum atomic E-state index is -3.74. The number of hydrogen-bond acceptors (Lipinski definition) is 6. The van der Waals surface area contributed by atoms with E-state index in [-0.39, 0.29) is 23.7 Å². The quantitative estimate of drug-likeness (QED) is 0.754. The van der Waals surface area contributed by atoms with Crippen molar-refractivity contribution in [2.75, 3.05) is 0 Å². The summed E-state index contributed by atoms with van der Waals surface area (Å²) in [5.74, 6) is -0.683. The number of tetrazole rings is 1. The van der Waals surface area contributed by atoms with Crippen LogP contribution in [0, 0.1) is 0 Å². The van der Waals surface area contributed by atoms with Crippen LogP contribution in [-0.2, 0) is 21.4 Å². The molecular formula is C10H11N5O4S. The fourth-order valence-electron chi connectivity index (χ4n) is 1.44. The van der Waals surface area contributed by atoms with Gasteiger partial charge in [0.2, 0.25) is 15.8 Å². The number of carboxylic acid groups (broad SMARTS) is 1. The van der Waals surface area contributed by atoms with Gasteiger partial charge in [-0.1, -0.05) is 0 Å². The van der Waals surface area contributed by atoms with Gasteiger partial charge in [0.15, 0.2) is 0 Å². The highest BCUT2D eigenvalue weighted by molar-refractivity contribution is 7.89. The van der Waals surface area contributed by atoms with Crippen LogP contribution in [0.3, 0.4) is 0 Å². The molecule has 0 fully saturated rings. The maximum atomic E-state index is 11.1. The molecule has 10 heteroatoms. The van der Waals surface area contributed by atoms with Crippen LogP contribution in [0.1, 0.15) is 6.42 Å². The van der Waals surface area contributed by atoms with Crippen LogP contribution < -0.4 is 5.14 Å². The lowest BCUT2D eigenvalue weighted by Gasteiger charge is -1.98. The second-order valence-corrected chi connectivity index (χ2v) is 5.48. The lowest BCUT2D eigenvalue weighted by molar-refractivity contribution is -0.137. The summed E-state index contributed by atoms with van der Waals surface area (Å²) in [6.07, 6.45) is -0.111. The Morgan fingerprint density at radius 3 is 2.50 bits per heavy atom. The van der Waals surface area contributed by atoms with Crippen LogP contribution in [0.5, 0.6) is 0 Å². The summed E-state index contributed by atoms with van der Waals surface area (Å²) in [5.41, 5.74) is 0.555. The Morgan fingerprint density at radius 2 is 1.95 bits per heavy atom. The van der Waals surface area contributed by atoms with Gasteiger partial charge in [0.05, 0.1) is 17.9 Å². The molecule has 1 aromatic heterocycles. The maximum absolute atomic E-state index is 11.1. The zero-order valence-electron chi connectivity index (χ0n) is 10.2. The first-order chi connectivity index (χ1) is 9.36. The van der Waals surface area contributed by atoms with Gasteiger partial charge in [-0.15, -0.1) is 10.2 Å². The van der Waals surface area contributed by atoms with Crippen molar-refractivity contribution in [2.45, 2.75) is 17.9 Å². The number of aromatic nitrogens is 4. The van der Waals surface area contributed by atoms with E-state index in [2.05, 4.69) is 15.4 Å². The highest BCUT2D eigenvalue weighted by Gasteiger charge is 2.10. The normalized spacial score (nSPS) is 11.4. The van der Waals surface area contributed by atoms with Gasteiger partial charge >= 0.3 is 5.97 Å². The number of hydrogen-bond donors (Lipinski definition) is 2. The predicted octanol–water partition coefficient (Wildman–Crippen LogP) is -0.538. The number of aliphatic carboxylic acids is 1. The third-order valence-electron chi connectivity index (χ3n) is 2.42. The Morgan fingerprint density at radius 1 is 1.30 bits per heavy atom. The van der Waals surface area contributed by atoms with Crippen molar-refractivity contribution >= 4 is 16.0 Å². The Bertz CT molecular complexity index is 722. The first-order valence-corrected chi connectivity index (χ1v) is 7.04. The summed E-state index contributed by atoms with van der Waals surface area (Å²) in [5, 5.41) is 25.0. The molecule has 0 radical (unpaired) electrons. The van der Waals surface area contributed by atoms with E-state index in [4.69, 9.17) is 10.2 Å². The highest BCUT2D eigenvalue weighted by Crippen LogP contribution is 2.16. The first-order valence-electron chi connectivity index (χ1n) is 5.49. The van der Waals surface area contributed by atoms with Crippen molar-refractivity contribution in [1.82, 2.24) is 20.2 Å². The van der Waals surface area contributed by atoms with Crippen LogP contribution in [0.25, 0.3) is 11.4 Å². The fourth-order valence-corrected chi connectivity index (χ4v) is 1.96. The molecule has 3 N–H and O–H groups in total. The summed E-state index contributed by atoms with van der Waals surface area (Å²) in [6, 6.07) is 5.67. The molecule has 2 aromatic rings. The molecule has 9 nitrogen and oxygen atoms in total. The van der Waals surface area contributed by atoms with Crippen molar-refractivity contribution < 1.29 is 18.3 Å². The van der Waals surface area contributed by atoms with Gasteiger partial charge in [0.1, 0.15) is 0 Å². The largest absolute Gasteiger partial charge is 0.481 e. The number of rotatable bonds is 5. The zero-order valence-corrected chi connectivity index (χ0v) is 11.0. The number of carboxylic acids is 1. The van der Waals surface area contributed by atoms with Crippen molar-refractivity contribution in [3.05, 3.63) is 24.3 Å². The number of carbonyl (C=O) groups is 1. The first kappa shape index (κ1) is 14.1. The van der Waals surface area contributed by atoms with E-state index in [0.29, 0.717) is 5.56 Å². The van der Waals surface area contributed by atoms with E-state index in [9.17, 15) is 13.2 Å². The lowest BCUT2D eigenvalue weighted by Crippen LogP contribution is -2.11. The molecule has 1 aromatic carbocycles. The number of aryl methyl sites for hydroxylation is 1. The minimum Gasteiger partial charge on any atom is -0.481 e. The lowest BCUT2D eigenvalue weighted by atomic mass is 10.2. The second kappa shape index (κ2) is 5.35. The molecule has 1 heterocycles. The molecule has 0 bridgehead atoms. The molecular weight excluding hydrogens is 286 g/mol. The van der Waals surface area contributed by atoms with Gasteiger partial charge in [-0.2, -0.15) is 4.80 Å². The van der Waals surface area contributed by atoms with Gasteiger partial charge < -0.3 is 5.11 Å². The summed E-state index contributed by atoms with van der Waals surface area (Å²) in [4.78, 5) is 11.6. The third kappa shape index (κ3) is 3.36. The van der Waals surface area contributed by atoms with Crippen molar-refractivity contribution in [1.29, 1.82) is 0 Å². The smallest absolute Gasteiger partial charge is 0.305 e. The summed E-state index contributed by atoms with van der Waals surface area (Å²) < 4.78 is 22.2. The van der Waals surface area contributed by atoms with Crippen LogP contribution in [0.4, 0.5) is 0 Å². The number of primary sulfonamides is 1. The molecule has 20 heavy (non-hydrogen) atoms. The molecule has 0 aliphatic heterocycles. The molecule has 2 rings (SSSR count). The average molecular weight is 297 g/mol. The maximum Gasteiger partial charge on any atom is 0.305 e. The molecule has 0 spiro atoms. The van der Waals surface area contributed by atoms with Crippen LogP contribution >= 0.6 is 0 Å². The number of benzene rings is 1. The predicted molar refractivity (Wildman–Crippen MR) is 66.9 cm³/mol. The van der Waals surface area contributed by atoms with E-state index in [1.165, 1.54) is 24.3 Å². The van der Waals surface area contributed by atoms with Gasteiger partial charge in [-0.3, -0.25) is 4.79 Å². The van der Waals surface area contributed by atoms with E-state index in [1.807, 2.05) is 0 Å². The van der Waals surface area contributed by atoms with Crippen LogP contribution in [-0.4, -0.2) is 39.7 Å². The summed E-state index contributed by atoms with van der Waals surface area (Å²) in [6.45, 7) is 0.109. The number of sulfonamides is 1.